The van der Waals surface area contributed by atoms with Gasteiger partial charge in [0.15, 0.2) is 11.5 Å². The Morgan fingerprint density at radius 2 is 1.65 bits per heavy atom. The number of nitrogens with two attached hydrogens (primary N) is 2. The van der Waals surface area contributed by atoms with Gasteiger partial charge in [-0.05, 0) is 31.2 Å². The Kier molecular flexibility index (Phi) is 3.57. The van der Waals surface area contributed by atoms with Crippen molar-refractivity contribution >= 4 is 17.3 Å². The van der Waals surface area contributed by atoms with E-state index >= 15 is 0 Å². The van der Waals surface area contributed by atoms with Gasteiger partial charge in [-0.2, -0.15) is 5.10 Å². The number of hydrogen-bond acceptors (Lipinski definition) is 4. The third-order valence-corrected chi connectivity index (χ3v) is 3.56. The molecule has 0 atom stereocenters. The van der Waals surface area contributed by atoms with Crippen LogP contribution in [0.3, 0.4) is 0 Å². The number of nitrogen functional groups attached to an aromatic ring is 2. The molecule has 0 unspecified atom stereocenters. The average Bonchev–Trinajstić information content (AvgIpc) is 2.84. The van der Waals surface area contributed by atoms with Crippen LogP contribution in [0.2, 0.25) is 0 Å². The highest BCUT2D eigenvalue weighted by atomic mass is 19.1. The molecule has 0 aliphatic rings. The molecule has 3 aromatic rings. The summed E-state index contributed by atoms with van der Waals surface area (Å²) >= 11 is 0. The van der Waals surface area contributed by atoms with Gasteiger partial charge in [-0.3, -0.25) is 4.79 Å². The lowest BCUT2D eigenvalue weighted by Crippen LogP contribution is -2.06. The number of hydrogen-bond donors (Lipinski definition) is 2. The molecule has 6 heteroatoms. The highest BCUT2D eigenvalue weighted by molar-refractivity contribution is 6.11. The minimum atomic E-state index is -0.372. The van der Waals surface area contributed by atoms with Crippen LogP contribution >= 0.6 is 0 Å². The van der Waals surface area contributed by atoms with E-state index in [4.69, 9.17) is 11.5 Å². The summed E-state index contributed by atoms with van der Waals surface area (Å²) in [6, 6.07) is 12.7. The molecule has 0 aliphatic carbocycles. The monoisotopic (exact) mass is 310 g/mol. The Bertz CT molecular complexity index is 867. The van der Waals surface area contributed by atoms with Gasteiger partial charge in [-0.15, -0.1) is 0 Å². The number of nitrogens with zero attached hydrogens (tertiary/aromatic N) is 2. The molecule has 0 spiro atoms. The minimum absolute atomic E-state index is 0.0793. The third kappa shape index (κ3) is 2.66. The molecule has 0 bridgehead atoms. The number of carbonyl (C=O) groups is 1. The molecule has 1 aromatic heterocycles. The van der Waals surface area contributed by atoms with Crippen molar-refractivity contribution in [1.82, 2.24) is 9.78 Å². The highest BCUT2D eigenvalue weighted by Gasteiger charge is 2.21. The molecule has 2 aromatic carbocycles. The summed E-state index contributed by atoms with van der Waals surface area (Å²) in [4.78, 5) is 12.6. The van der Waals surface area contributed by atoms with Gasteiger partial charge in [0.2, 0.25) is 5.78 Å². The maximum absolute atomic E-state index is 13.0. The first-order valence-electron chi connectivity index (χ1n) is 6.98. The van der Waals surface area contributed by atoms with Crippen LogP contribution in [0, 0.1) is 12.7 Å². The molecule has 4 N–H and O–H groups in total. The standard InChI is InChI=1S/C17H15FN4O/c1-10-2-4-11(5-3-10)16(23)15-14(19)17(20)22(21-15)13-8-6-12(18)7-9-13/h2-9H,19-20H2,1H3. The Morgan fingerprint density at radius 3 is 2.26 bits per heavy atom. The smallest absolute Gasteiger partial charge is 0.215 e. The van der Waals surface area contributed by atoms with E-state index in [1.807, 2.05) is 19.1 Å². The van der Waals surface area contributed by atoms with Crippen molar-refractivity contribution in [1.29, 1.82) is 0 Å². The van der Waals surface area contributed by atoms with Crippen LogP contribution in [0.15, 0.2) is 48.5 Å². The maximum atomic E-state index is 13.0. The van der Waals surface area contributed by atoms with E-state index in [1.165, 1.54) is 28.9 Å². The highest BCUT2D eigenvalue weighted by Crippen LogP contribution is 2.25. The van der Waals surface area contributed by atoms with Crippen LogP contribution < -0.4 is 11.5 Å². The number of halogens is 1. The Hall–Kier alpha value is -3.15. The largest absolute Gasteiger partial charge is 0.394 e. The summed E-state index contributed by atoms with van der Waals surface area (Å²) < 4.78 is 14.4. The molecule has 116 valence electrons. The number of aryl methyl sites for hydroxylation is 1. The van der Waals surface area contributed by atoms with E-state index in [-0.39, 0.29) is 28.8 Å². The summed E-state index contributed by atoms with van der Waals surface area (Å²) in [6.07, 6.45) is 0. The first-order valence-corrected chi connectivity index (χ1v) is 6.98. The summed E-state index contributed by atoms with van der Waals surface area (Å²) in [6.45, 7) is 1.93. The topological polar surface area (TPSA) is 86.9 Å². The van der Waals surface area contributed by atoms with Crippen LogP contribution in [0.25, 0.3) is 5.69 Å². The summed E-state index contributed by atoms with van der Waals surface area (Å²) in [5.41, 5.74) is 14.1. The van der Waals surface area contributed by atoms with Crippen LogP contribution in [-0.4, -0.2) is 15.6 Å². The number of aromatic nitrogens is 2. The fraction of sp³-hybridized carbons (Fsp3) is 0.0588. The van der Waals surface area contributed by atoms with Crippen molar-refractivity contribution in [2.24, 2.45) is 0 Å². The zero-order chi connectivity index (χ0) is 16.6. The molecular formula is C17H15FN4O. The van der Waals surface area contributed by atoms with Gasteiger partial charge < -0.3 is 11.5 Å². The lowest BCUT2D eigenvalue weighted by Gasteiger charge is -2.03. The first kappa shape index (κ1) is 14.8. The average molecular weight is 310 g/mol. The molecule has 0 fully saturated rings. The normalized spacial score (nSPS) is 10.7. The van der Waals surface area contributed by atoms with Crippen LogP contribution in [-0.2, 0) is 0 Å². The number of ketones is 1. The summed E-state index contributed by atoms with van der Waals surface area (Å²) in [5, 5.41) is 4.20. The van der Waals surface area contributed by atoms with Gasteiger partial charge in [-0.1, -0.05) is 29.8 Å². The first-order chi connectivity index (χ1) is 11.0. The van der Waals surface area contributed by atoms with Gasteiger partial charge >= 0.3 is 0 Å². The van der Waals surface area contributed by atoms with Crippen molar-refractivity contribution in [3.05, 3.63) is 71.2 Å². The van der Waals surface area contributed by atoms with Crippen molar-refractivity contribution in [3.63, 3.8) is 0 Å². The van der Waals surface area contributed by atoms with Crippen molar-refractivity contribution < 1.29 is 9.18 Å². The fourth-order valence-electron chi connectivity index (χ4n) is 2.23. The molecule has 0 radical (unpaired) electrons. The predicted molar refractivity (Wildman–Crippen MR) is 87.0 cm³/mol. The SMILES string of the molecule is Cc1ccc(C(=O)c2nn(-c3ccc(F)cc3)c(N)c2N)cc1. The predicted octanol–water partition coefficient (Wildman–Crippen LogP) is 2.72. The molecule has 0 amide bonds. The summed E-state index contributed by atoms with van der Waals surface area (Å²) in [7, 11) is 0. The number of anilines is 2. The number of rotatable bonds is 3. The van der Waals surface area contributed by atoms with Crippen molar-refractivity contribution in [2.45, 2.75) is 6.92 Å². The van der Waals surface area contributed by atoms with Gasteiger partial charge in [0.05, 0.1) is 5.69 Å². The lowest BCUT2D eigenvalue weighted by atomic mass is 10.1. The van der Waals surface area contributed by atoms with Crippen LogP contribution in [0.4, 0.5) is 15.9 Å². The molecule has 0 aliphatic heterocycles. The Morgan fingerprint density at radius 1 is 1.04 bits per heavy atom. The molecule has 0 saturated carbocycles. The van der Waals surface area contributed by atoms with E-state index in [2.05, 4.69) is 5.10 Å². The second-order valence-electron chi connectivity index (χ2n) is 5.23. The van der Waals surface area contributed by atoms with Crippen LogP contribution in [0.5, 0.6) is 0 Å². The molecule has 5 nitrogen and oxygen atoms in total. The summed E-state index contributed by atoms with van der Waals surface area (Å²) in [5.74, 6) is -0.537. The van der Waals surface area contributed by atoms with E-state index in [0.717, 1.165) is 5.56 Å². The third-order valence-electron chi connectivity index (χ3n) is 3.56. The Balaban J connectivity index is 2.04. The molecule has 3 rings (SSSR count). The van der Waals surface area contributed by atoms with Gasteiger partial charge in [0.1, 0.15) is 11.5 Å². The fourth-order valence-corrected chi connectivity index (χ4v) is 2.23. The van der Waals surface area contributed by atoms with E-state index < -0.39 is 0 Å². The lowest BCUT2D eigenvalue weighted by molar-refractivity contribution is 0.103. The maximum Gasteiger partial charge on any atom is 0.215 e. The zero-order valence-corrected chi connectivity index (χ0v) is 12.5. The number of carbonyl (C=O) groups excluding carboxylic acids is 1. The zero-order valence-electron chi connectivity index (χ0n) is 12.5. The second-order valence-corrected chi connectivity index (χ2v) is 5.23. The van der Waals surface area contributed by atoms with Gasteiger partial charge in [-0.25, -0.2) is 9.07 Å². The van der Waals surface area contributed by atoms with E-state index in [9.17, 15) is 9.18 Å². The number of benzene rings is 2. The van der Waals surface area contributed by atoms with Crippen molar-refractivity contribution in [2.75, 3.05) is 11.5 Å². The van der Waals surface area contributed by atoms with Crippen molar-refractivity contribution in [3.8, 4) is 5.69 Å². The minimum Gasteiger partial charge on any atom is -0.394 e. The van der Waals surface area contributed by atoms with E-state index in [0.29, 0.717) is 11.3 Å². The molecule has 23 heavy (non-hydrogen) atoms. The molecule has 0 saturated heterocycles. The molecular weight excluding hydrogens is 295 g/mol. The quantitative estimate of drug-likeness (QED) is 0.728. The van der Waals surface area contributed by atoms with Crippen LogP contribution in [0.1, 0.15) is 21.6 Å². The van der Waals surface area contributed by atoms with Gasteiger partial charge in [0.25, 0.3) is 0 Å². The second kappa shape index (κ2) is 5.57. The molecule has 1 heterocycles. The van der Waals surface area contributed by atoms with Gasteiger partial charge in [0, 0.05) is 5.56 Å². The Labute approximate surface area is 132 Å². The van der Waals surface area contributed by atoms with E-state index in [1.54, 1.807) is 12.1 Å².